The molecule has 29 heavy (non-hydrogen) atoms. The molecule has 0 saturated heterocycles. The van der Waals surface area contributed by atoms with Crippen molar-refractivity contribution in [1.29, 1.82) is 0 Å². The number of oxazole rings is 1. The summed E-state index contributed by atoms with van der Waals surface area (Å²) in [4.78, 5) is 17.2. The molecule has 2 aromatic heterocycles. The maximum atomic E-state index is 12.6. The summed E-state index contributed by atoms with van der Waals surface area (Å²) < 4.78 is 11.5. The zero-order valence-corrected chi connectivity index (χ0v) is 16.0. The van der Waals surface area contributed by atoms with E-state index in [1.165, 1.54) is 0 Å². The van der Waals surface area contributed by atoms with Crippen LogP contribution in [-0.4, -0.2) is 10.9 Å². The van der Waals surface area contributed by atoms with E-state index in [1.807, 2.05) is 56.3 Å². The van der Waals surface area contributed by atoms with Gasteiger partial charge >= 0.3 is 0 Å². The van der Waals surface area contributed by atoms with Crippen LogP contribution in [0.2, 0.25) is 0 Å². The Balaban J connectivity index is 1.44. The van der Waals surface area contributed by atoms with Crippen LogP contribution in [0.25, 0.3) is 33.5 Å². The Morgan fingerprint density at radius 3 is 2.45 bits per heavy atom. The Kier molecular flexibility index (Phi) is 3.95. The number of aromatic nitrogens is 1. The maximum Gasteiger partial charge on any atom is 0.291 e. The van der Waals surface area contributed by atoms with Crippen molar-refractivity contribution >= 4 is 33.7 Å². The van der Waals surface area contributed by atoms with E-state index in [9.17, 15) is 4.79 Å². The average molecular weight is 382 g/mol. The summed E-state index contributed by atoms with van der Waals surface area (Å²) in [5.41, 5.74) is 5.90. The van der Waals surface area contributed by atoms with Crippen LogP contribution in [0.15, 0.2) is 75.6 Å². The molecule has 0 aliphatic rings. The number of amides is 1. The Hall–Kier alpha value is -3.86. The Bertz CT molecular complexity index is 1320. The third kappa shape index (κ3) is 3.27. The van der Waals surface area contributed by atoms with Gasteiger partial charge in [0.15, 0.2) is 11.3 Å². The first kappa shape index (κ1) is 17.3. The highest BCUT2D eigenvalue weighted by Gasteiger charge is 2.14. The number of nitrogens with zero attached hydrogens (tertiary/aromatic N) is 1. The van der Waals surface area contributed by atoms with E-state index in [1.54, 1.807) is 18.2 Å². The van der Waals surface area contributed by atoms with Crippen LogP contribution < -0.4 is 5.32 Å². The molecular formula is C24H18N2O3. The number of aryl methyl sites for hydroxylation is 2. The molecular weight excluding hydrogens is 364 g/mol. The number of para-hydroxylation sites is 1. The summed E-state index contributed by atoms with van der Waals surface area (Å²) in [6.45, 7) is 4.09. The summed E-state index contributed by atoms with van der Waals surface area (Å²) in [6, 6.07) is 20.9. The molecule has 5 nitrogen and oxygen atoms in total. The van der Waals surface area contributed by atoms with Crippen LogP contribution in [0.5, 0.6) is 0 Å². The number of furan rings is 1. The van der Waals surface area contributed by atoms with E-state index in [2.05, 4.69) is 16.4 Å². The number of benzene rings is 3. The molecule has 142 valence electrons. The summed E-state index contributed by atoms with van der Waals surface area (Å²) in [5, 5.41) is 3.76. The van der Waals surface area contributed by atoms with Gasteiger partial charge in [0.05, 0.1) is 0 Å². The van der Waals surface area contributed by atoms with Crippen LogP contribution in [0, 0.1) is 13.8 Å². The van der Waals surface area contributed by atoms with Gasteiger partial charge in [-0.3, -0.25) is 4.79 Å². The minimum absolute atomic E-state index is 0.266. The minimum atomic E-state index is -0.307. The first-order valence-corrected chi connectivity index (χ1v) is 9.34. The van der Waals surface area contributed by atoms with Crippen molar-refractivity contribution < 1.29 is 13.6 Å². The molecule has 2 heterocycles. The van der Waals surface area contributed by atoms with E-state index in [0.29, 0.717) is 28.3 Å². The lowest BCUT2D eigenvalue weighted by molar-refractivity contribution is 0.0998. The predicted octanol–water partition coefficient (Wildman–Crippen LogP) is 6.11. The van der Waals surface area contributed by atoms with Gasteiger partial charge in [0.25, 0.3) is 5.91 Å². The van der Waals surface area contributed by atoms with Crippen LogP contribution >= 0.6 is 0 Å². The highest BCUT2D eigenvalue weighted by Crippen LogP contribution is 2.28. The second-order valence-corrected chi connectivity index (χ2v) is 7.18. The van der Waals surface area contributed by atoms with E-state index >= 15 is 0 Å². The molecule has 1 N–H and O–H groups in total. The molecule has 5 aromatic rings. The van der Waals surface area contributed by atoms with Gasteiger partial charge in [-0.1, -0.05) is 35.4 Å². The monoisotopic (exact) mass is 382 g/mol. The maximum absolute atomic E-state index is 12.6. The summed E-state index contributed by atoms with van der Waals surface area (Å²) in [7, 11) is 0. The zero-order valence-electron chi connectivity index (χ0n) is 16.0. The lowest BCUT2D eigenvalue weighted by Gasteiger charge is -2.02. The molecule has 0 radical (unpaired) electrons. The van der Waals surface area contributed by atoms with Crippen molar-refractivity contribution in [2.75, 3.05) is 5.32 Å². The van der Waals surface area contributed by atoms with Gasteiger partial charge in [-0.25, -0.2) is 4.98 Å². The Labute approximate surface area is 167 Å². The number of rotatable bonds is 3. The number of hydrogen-bond acceptors (Lipinski definition) is 4. The van der Waals surface area contributed by atoms with Crippen molar-refractivity contribution in [2.24, 2.45) is 0 Å². The summed E-state index contributed by atoms with van der Waals surface area (Å²) in [5.74, 6) is 0.522. The smallest absolute Gasteiger partial charge is 0.291 e. The van der Waals surface area contributed by atoms with Crippen LogP contribution in [0.1, 0.15) is 21.7 Å². The van der Waals surface area contributed by atoms with Crippen LogP contribution in [0.4, 0.5) is 5.69 Å². The largest absolute Gasteiger partial charge is 0.451 e. The Morgan fingerprint density at radius 1 is 0.862 bits per heavy atom. The molecule has 1 amide bonds. The molecule has 5 heteroatoms. The molecule has 0 aliphatic carbocycles. The number of hydrogen-bond donors (Lipinski definition) is 1. The molecule has 3 aromatic carbocycles. The lowest BCUT2D eigenvalue weighted by atomic mass is 10.1. The zero-order chi connectivity index (χ0) is 20.0. The third-order valence-corrected chi connectivity index (χ3v) is 4.76. The fourth-order valence-corrected chi connectivity index (χ4v) is 3.51. The van der Waals surface area contributed by atoms with E-state index in [0.717, 1.165) is 22.1 Å². The van der Waals surface area contributed by atoms with E-state index < -0.39 is 0 Å². The second kappa shape index (κ2) is 6.63. The number of fused-ring (bicyclic) bond motifs is 2. The highest BCUT2D eigenvalue weighted by molar-refractivity contribution is 6.05. The van der Waals surface area contributed by atoms with Crippen molar-refractivity contribution in [2.45, 2.75) is 13.8 Å². The van der Waals surface area contributed by atoms with Gasteiger partial charge in [0, 0.05) is 16.6 Å². The first-order chi connectivity index (χ1) is 14.0. The fraction of sp³-hybridized carbons (Fsp3) is 0.0833. The van der Waals surface area contributed by atoms with Gasteiger partial charge < -0.3 is 14.2 Å². The molecule has 0 atom stereocenters. The van der Waals surface area contributed by atoms with Gasteiger partial charge in [-0.05, 0) is 56.3 Å². The number of anilines is 1. The molecule has 5 rings (SSSR count). The fourth-order valence-electron chi connectivity index (χ4n) is 3.51. The number of carbonyl (C=O) groups excluding carboxylic acids is 1. The van der Waals surface area contributed by atoms with Crippen LogP contribution in [0.3, 0.4) is 0 Å². The quantitative estimate of drug-likeness (QED) is 0.409. The predicted molar refractivity (Wildman–Crippen MR) is 113 cm³/mol. The lowest BCUT2D eigenvalue weighted by Crippen LogP contribution is -2.10. The first-order valence-electron chi connectivity index (χ1n) is 9.34. The standard InChI is InChI=1S/C24H18N2O3/c1-14-9-15(2)11-17(10-14)24-26-19-13-18(7-8-21(19)29-24)25-23(27)22-12-16-5-3-4-6-20(16)28-22/h3-13H,1-2H3,(H,25,27). The summed E-state index contributed by atoms with van der Waals surface area (Å²) in [6.07, 6.45) is 0. The van der Waals surface area contributed by atoms with Crippen molar-refractivity contribution in [3.63, 3.8) is 0 Å². The SMILES string of the molecule is Cc1cc(C)cc(-c2nc3cc(NC(=O)c4cc5ccccc5o4)ccc3o2)c1. The highest BCUT2D eigenvalue weighted by atomic mass is 16.4. The molecule has 0 spiro atoms. The molecule has 0 fully saturated rings. The number of nitrogens with one attached hydrogen (secondary N) is 1. The third-order valence-electron chi connectivity index (χ3n) is 4.76. The van der Waals surface area contributed by atoms with Crippen LogP contribution in [-0.2, 0) is 0 Å². The molecule has 0 unspecified atom stereocenters. The van der Waals surface area contributed by atoms with Crippen molar-refractivity contribution in [3.05, 3.63) is 83.6 Å². The molecule has 0 saturated carbocycles. The van der Waals surface area contributed by atoms with Gasteiger partial charge in [0.2, 0.25) is 5.89 Å². The van der Waals surface area contributed by atoms with Crippen molar-refractivity contribution in [1.82, 2.24) is 4.98 Å². The van der Waals surface area contributed by atoms with E-state index in [-0.39, 0.29) is 11.7 Å². The van der Waals surface area contributed by atoms with Gasteiger partial charge in [0.1, 0.15) is 11.1 Å². The average Bonchev–Trinajstić information content (AvgIpc) is 3.31. The normalized spacial score (nSPS) is 11.2. The topological polar surface area (TPSA) is 68.3 Å². The van der Waals surface area contributed by atoms with Gasteiger partial charge in [-0.2, -0.15) is 0 Å². The Morgan fingerprint density at radius 2 is 1.66 bits per heavy atom. The summed E-state index contributed by atoms with van der Waals surface area (Å²) >= 11 is 0. The molecule has 0 aliphatic heterocycles. The second-order valence-electron chi connectivity index (χ2n) is 7.18. The number of carbonyl (C=O) groups is 1. The van der Waals surface area contributed by atoms with Gasteiger partial charge in [-0.15, -0.1) is 0 Å². The van der Waals surface area contributed by atoms with E-state index in [4.69, 9.17) is 8.83 Å². The minimum Gasteiger partial charge on any atom is -0.451 e. The van der Waals surface area contributed by atoms with Crippen molar-refractivity contribution in [3.8, 4) is 11.5 Å². The molecule has 0 bridgehead atoms.